The number of hydrazone groups is 1. The van der Waals surface area contributed by atoms with E-state index in [1.807, 2.05) is 0 Å². The Hall–Kier alpha value is -3.80. The van der Waals surface area contributed by atoms with E-state index in [1.54, 1.807) is 18.2 Å². The van der Waals surface area contributed by atoms with Crippen LogP contribution in [0.25, 0.3) is 0 Å². The zero-order valence-electron chi connectivity index (χ0n) is 18.2. The van der Waals surface area contributed by atoms with Gasteiger partial charge in [-0.2, -0.15) is 13.5 Å². The van der Waals surface area contributed by atoms with Crippen LogP contribution in [0.1, 0.15) is 21.5 Å². The maximum absolute atomic E-state index is 12.5. The van der Waals surface area contributed by atoms with Crippen LogP contribution in [0.2, 0.25) is 10.0 Å². The average molecular weight is 547 g/mol. The molecule has 3 aromatic rings. The van der Waals surface area contributed by atoms with Crippen LogP contribution in [0.15, 0.2) is 81.1 Å². The number of halogens is 2. The van der Waals surface area contributed by atoms with Crippen LogP contribution < -0.4 is 0 Å². The molecule has 0 bridgehead atoms. The summed E-state index contributed by atoms with van der Waals surface area (Å²) in [5.41, 5.74) is 0.890. The summed E-state index contributed by atoms with van der Waals surface area (Å²) in [4.78, 5) is 22.8. The summed E-state index contributed by atoms with van der Waals surface area (Å²) < 4.78 is 34.2. The number of nitro groups is 1. The number of hydrogen-bond acceptors (Lipinski definition) is 8. The maximum Gasteiger partial charge on any atom is 0.339 e. The lowest BCUT2D eigenvalue weighted by Gasteiger charge is -2.19. The van der Waals surface area contributed by atoms with Gasteiger partial charge in [0.2, 0.25) is 0 Å². The summed E-state index contributed by atoms with van der Waals surface area (Å²) in [6, 6.07) is 16.2. The van der Waals surface area contributed by atoms with Gasteiger partial charge in [0, 0.05) is 22.7 Å². The fourth-order valence-corrected chi connectivity index (χ4v) is 4.96. The first kappa shape index (κ1) is 25.3. The number of nitrogens with zero attached hydrogens (tertiary/aromatic N) is 4. The lowest BCUT2D eigenvalue weighted by molar-refractivity contribution is -0.384. The highest BCUT2D eigenvalue weighted by Crippen LogP contribution is 2.28. The molecule has 10 nitrogen and oxygen atoms in total. The third kappa shape index (κ3) is 5.54. The molecule has 1 aliphatic heterocycles. The van der Waals surface area contributed by atoms with Gasteiger partial charge in [0.1, 0.15) is 11.5 Å². The minimum Gasteiger partial charge on any atom is -0.460 e. The van der Waals surface area contributed by atoms with Crippen molar-refractivity contribution in [3.8, 4) is 0 Å². The van der Waals surface area contributed by atoms with Crippen LogP contribution in [-0.4, -0.2) is 49.5 Å². The van der Waals surface area contributed by atoms with Gasteiger partial charge in [-0.05, 0) is 48.0 Å². The molecule has 184 valence electrons. The molecule has 0 atom stereocenters. The van der Waals surface area contributed by atoms with Crippen molar-refractivity contribution in [3.05, 3.63) is 104 Å². The molecule has 0 saturated carbocycles. The fraction of sp³-hybridized carbons (Fsp3) is 0.0870. The number of carbonyl (C=O) groups is 1. The molecule has 1 aliphatic rings. The van der Waals surface area contributed by atoms with E-state index in [0.29, 0.717) is 16.1 Å². The second-order valence-electron chi connectivity index (χ2n) is 7.36. The molecule has 4 rings (SSSR count). The Bertz CT molecular complexity index is 1510. The minimum atomic E-state index is -3.93. The first-order chi connectivity index (χ1) is 17.2. The topological polar surface area (TPSA) is 132 Å². The SMILES string of the molecule is O=C(OCCN(/N=C\c1ccc([N+](=O)[O-])cc1)C1=NS(=O)(=O)c2ccccc21)c1ccc(Cl)cc1Cl. The van der Waals surface area contributed by atoms with Crippen molar-refractivity contribution in [2.75, 3.05) is 13.2 Å². The summed E-state index contributed by atoms with van der Waals surface area (Å²) in [5, 5.41) is 17.0. The predicted molar refractivity (Wildman–Crippen MR) is 134 cm³/mol. The van der Waals surface area contributed by atoms with Gasteiger partial charge in [0.05, 0.1) is 28.3 Å². The predicted octanol–water partition coefficient (Wildman–Crippen LogP) is 4.54. The third-order valence-corrected chi connectivity index (χ3v) is 6.87. The van der Waals surface area contributed by atoms with E-state index in [-0.39, 0.29) is 40.2 Å². The van der Waals surface area contributed by atoms with E-state index in [4.69, 9.17) is 27.9 Å². The highest BCUT2D eigenvalue weighted by molar-refractivity contribution is 7.90. The number of rotatable bonds is 7. The third-order valence-electron chi connectivity index (χ3n) is 4.99. The molecule has 0 unspecified atom stereocenters. The number of carbonyl (C=O) groups excluding carboxylic acids is 1. The van der Waals surface area contributed by atoms with Gasteiger partial charge in [-0.1, -0.05) is 35.3 Å². The van der Waals surface area contributed by atoms with Gasteiger partial charge in [0.15, 0.2) is 5.84 Å². The zero-order valence-corrected chi connectivity index (χ0v) is 20.6. The molecule has 0 radical (unpaired) electrons. The lowest BCUT2D eigenvalue weighted by atomic mass is 10.2. The summed E-state index contributed by atoms with van der Waals surface area (Å²) in [6.07, 6.45) is 1.39. The van der Waals surface area contributed by atoms with Crippen LogP contribution in [-0.2, 0) is 14.8 Å². The molecular formula is C23H16Cl2N4O6S. The van der Waals surface area contributed by atoms with Crippen LogP contribution in [0.5, 0.6) is 0 Å². The number of esters is 1. The molecule has 0 aliphatic carbocycles. The van der Waals surface area contributed by atoms with Crippen molar-refractivity contribution in [3.63, 3.8) is 0 Å². The van der Waals surface area contributed by atoms with Crippen molar-refractivity contribution >= 4 is 56.9 Å². The van der Waals surface area contributed by atoms with E-state index >= 15 is 0 Å². The molecule has 0 saturated heterocycles. The lowest BCUT2D eigenvalue weighted by Crippen LogP contribution is -2.30. The van der Waals surface area contributed by atoms with Crippen LogP contribution in [0.4, 0.5) is 5.69 Å². The van der Waals surface area contributed by atoms with Crippen molar-refractivity contribution in [1.82, 2.24) is 5.01 Å². The second-order valence-corrected chi connectivity index (χ2v) is 9.78. The molecule has 0 aromatic heterocycles. The molecule has 1 heterocycles. The molecule has 0 spiro atoms. The molecule has 3 aromatic carbocycles. The van der Waals surface area contributed by atoms with Gasteiger partial charge in [-0.3, -0.25) is 10.1 Å². The Morgan fingerprint density at radius 3 is 2.53 bits per heavy atom. The standard InChI is InChI=1S/C23H16Cl2N4O6S/c24-16-7-10-18(20(25)13-16)23(30)35-12-11-28(26-14-15-5-8-17(9-6-15)29(31)32)22-19-3-1-2-4-21(19)36(33,34)27-22/h1-10,13-14H,11-12H2/b26-14-. The second kappa shape index (κ2) is 10.4. The first-order valence-corrected chi connectivity index (χ1v) is 12.5. The normalized spacial score (nSPS) is 13.8. The summed E-state index contributed by atoms with van der Waals surface area (Å²) in [6.45, 7) is -0.236. The van der Waals surface area contributed by atoms with Crippen LogP contribution in [0, 0.1) is 10.1 Å². The number of ether oxygens (including phenoxy) is 1. The van der Waals surface area contributed by atoms with Crippen molar-refractivity contribution < 1.29 is 22.9 Å². The molecule has 36 heavy (non-hydrogen) atoms. The Kier molecular flexibility index (Phi) is 7.34. The van der Waals surface area contributed by atoms with Crippen LogP contribution in [0.3, 0.4) is 0 Å². The van der Waals surface area contributed by atoms with E-state index < -0.39 is 20.9 Å². The number of fused-ring (bicyclic) bond motifs is 1. The maximum atomic E-state index is 12.5. The summed E-state index contributed by atoms with van der Waals surface area (Å²) >= 11 is 11.9. The molecule has 0 fully saturated rings. The Morgan fingerprint density at radius 1 is 1.11 bits per heavy atom. The monoisotopic (exact) mass is 546 g/mol. The number of sulfonamides is 1. The molecule has 13 heteroatoms. The van der Waals surface area contributed by atoms with E-state index in [9.17, 15) is 23.3 Å². The number of benzene rings is 3. The number of nitro benzene ring substituents is 1. The molecule has 0 amide bonds. The van der Waals surface area contributed by atoms with E-state index in [1.165, 1.54) is 59.8 Å². The van der Waals surface area contributed by atoms with Gasteiger partial charge in [0.25, 0.3) is 15.7 Å². The number of hydrogen-bond donors (Lipinski definition) is 0. The Balaban J connectivity index is 1.57. The Labute approximate surface area is 215 Å². The average Bonchev–Trinajstić information content (AvgIpc) is 3.12. The highest BCUT2D eigenvalue weighted by atomic mass is 35.5. The quantitative estimate of drug-likeness (QED) is 0.184. The highest BCUT2D eigenvalue weighted by Gasteiger charge is 2.31. The van der Waals surface area contributed by atoms with Crippen molar-refractivity contribution in [2.24, 2.45) is 9.50 Å². The van der Waals surface area contributed by atoms with Crippen LogP contribution >= 0.6 is 23.2 Å². The fourth-order valence-electron chi connectivity index (χ4n) is 3.27. The Morgan fingerprint density at radius 2 is 1.83 bits per heavy atom. The van der Waals surface area contributed by atoms with Crippen molar-refractivity contribution in [2.45, 2.75) is 4.90 Å². The zero-order chi connectivity index (χ0) is 25.9. The van der Waals surface area contributed by atoms with Gasteiger partial charge in [-0.25, -0.2) is 9.80 Å². The van der Waals surface area contributed by atoms with Gasteiger partial charge < -0.3 is 4.74 Å². The first-order valence-electron chi connectivity index (χ1n) is 10.3. The number of non-ortho nitro benzene ring substituents is 1. The number of amidine groups is 1. The molecular weight excluding hydrogens is 531 g/mol. The van der Waals surface area contributed by atoms with E-state index in [0.717, 1.165) is 0 Å². The summed E-state index contributed by atoms with van der Waals surface area (Å²) in [7, 11) is -3.93. The van der Waals surface area contributed by atoms with Crippen molar-refractivity contribution in [1.29, 1.82) is 0 Å². The minimum absolute atomic E-state index is 0.0282. The van der Waals surface area contributed by atoms with Gasteiger partial charge >= 0.3 is 5.97 Å². The molecule has 0 N–H and O–H groups in total. The van der Waals surface area contributed by atoms with Gasteiger partial charge in [-0.15, -0.1) is 4.40 Å². The smallest absolute Gasteiger partial charge is 0.339 e. The largest absolute Gasteiger partial charge is 0.460 e. The van der Waals surface area contributed by atoms with E-state index in [2.05, 4.69) is 9.50 Å². The summed E-state index contributed by atoms with van der Waals surface area (Å²) in [5.74, 6) is -0.651.